The third-order valence-electron chi connectivity index (χ3n) is 0. The van der Waals surface area contributed by atoms with Gasteiger partial charge in [-0.25, -0.2) is 0 Å². The van der Waals surface area contributed by atoms with Crippen molar-refractivity contribution >= 4 is 52.1 Å². The molecule has 0 rings (SSSR count). The molecule has 0 saturated heterocycles. The summed E-state index contributed by atoms with van der Waals surface area (Å²) in [5.41, 5.74) is 0. The molecule has 0 aliphatic carbocycles. The van der Waals surface area contributed by atoms with Gasteiger partial charge in [0.05, 0.1) is 0 Å². The zero-order valence-electron chi connectivity index (χ0n) is 3.58. The van der Waals surface area contributed by atoms with E-state index >= 15 is 0 Å². The molecule has 0 unspecified atom stereocenters. The van der Waals surface area contributed by atoms with E-state index < -0.39 is 0 Å². The van der Waals surface area contributed by atoms with E-state index in [-0.39, 0.29) is 114 Å². The van der Waals surface area contributed by atoms with Crippen LogP contribution in [0.1, 0.15) is 0 Å². The van der Waals surface area contributed by atoms with Gasteiger partial charge in [-0.15, -0.1) is 0 Å². The summed E-state index contributed by atoms with van der Waals surface area (Å²) < 4.78 is 0. The average Bonchev–Trinajstić information content (AvgIpc) is 0. The standard InChI is InChI=1S/3Al.2N.3Ni/q;;;2*-3;3*+2. The minimum Gasteiger partial charge on any atom is -3.00 e. The Labute approximate surface area is 112 Å². The Morgan fingerprint density at radius 2 is 0.375 bits per heavy atom. The molecular formula is Al3N2Ni3. The van der Waals surface area contributed by atoms with Gasteiger partial charge in [0, 0.05) is 52.1 Å². The van der Waals surface area contributed by atoms with E-state index in [0.29, 0.717) is 0 Å². The minimum absolute atomic E-state index is 0. The first-order chi connectivity index (χ1) is 0. The van der Waals surface area contributed by atoms with Crippen molar-refractivity contribution in [1.82, 2.24) is 0 Å². The molecule has 0 spiro atoms. The quantitative estimate of drug-likeness (QED) is 0.535. The summed E-state index contributed by atoms with van der Waals surface area (Å²) in [4.78, 5) is 0. The third kappa shape index (κ3) is 64.0. The first-order valence-electron chi connectivity index (χ1n) is 0. The van der Waals surface area contributed by atoms with Crippen LogP contribution in [0.3, 0.4) is 0 Å². The molecule has 8 heteroatoms. The number of rotatable bonds is 0. The maximum atomic E-state index is 0. The van der Waals surface area contributed by atoms with Gasteiger partial charge in [-0.1, -0.05) is 0 Å². The van der Waals surface area contributed by atoms with E-state index in [1.165, 1.54) is 0 Å². The monoisotopic (exact) mass is 283 g/mol. The Morgan fingerprint density at radius 1 is 0.375 bits per heavy atom. The maximum absolute atomic E-state index is 0. The third-order valence-corrected chi connectivity index (χ3v) is 0. The fourth-order valence-corrected chi connectivity index (χ4v) is 0. The summed E-state index contributed by atoms with van der Waals surface area (Å²) in [5.74, 6) is 0. The SMILES string of the molecule is [Al].[Al].[Al].[N-3].[N-3].[Ni+2].[Ni+2].[Ni+2]. The van der Waals surface area contributed by atoms with Gasteiger partial charge in [0.2, 0.25) is 0 Å². The van der Waals surface area contributed by atoms with E-state index in [4.69, 9.17) is 0 Å². The van der Waals surface area contributed by atoms with E-state index in [9.17, 15) is 0 Å². The molecular weight excluding hydrogens is 285 g/mol. The van der Waals surface area contributed by atoms with Crippen molar-refractivity contribution in [1.29, 1.82) is 0 Å². The second-order valence-corrected chi connectivity index (χ2v) is 0. The van der Waals surface area contributed by atoms with Crippen LogP contribution in [-0.2, 0) is 49.5 Å². The molecule has 2 nitrogen and oxygen atoms in total. The van der Waals surface area contributed by atoms with Gasteiger partial charge in [0.25, 0.3) is 0 Å². The van der Waals surface area contributed by atoms with Gasteiger partial charge in [0.1, 0.15) is 0 Å². The van der Waals surface area contributed by atoms with Gasteiger partial charge in [-0.3, -0.25) is 0 Å². The fourth-order valence-electron chi connectivity index (χ4n) is 0. The van der Waals surface area contributed by atoms with Crippen LogP contribution in [0, 0.1) is 0 Å². The first-order valence-corrected chi connectivity index (χ1v) is 0. The molecule has 0 N–H and O–H groups in total. The maximum Gasteiger partial charge on any atom is 2.00 e. The van der Waals surface area contributed by atoms with E-state index in [2.05, 4.69) is 0 Å². The molecule has 0 aromatic heterocycles. The second-order valence-electron chi connectivity index (χ2n) is 0. The molecule has 0 aromatic rings. The number of hydrogen-bond acceptors (Lipinski definition) is 0. The predicted octanol–water partition coefficient (Wildman–Crippen LogP) is -0.573. The second kappa shape index (κ2) is 90.1. The van der Waals surface area contributed by atoms with Crippen LogP contribution in [0.5, 0.6) is 0 Å². The molecule has 0 saturated carbocycles. The zero-order valence-corrected chi connectivity index (χ0v) is 10.0. The van der Waals surface area contributed by atoms with Crippen molar-refractivity contribution in [2.45, 2.75) is 0 Å². The van der Waals surface area contributed by atoms with Gasteiger partial charge in [0.15, 0.2) is 0 Å². The first kappa shape index (κ1) is 122. The van der Waals surface area contributed by atoms with Crippen LogP contribution in [0.25, 0.3) is 12.3 Å². The molecule has 8 heavy (non-hydrogen) atoms. The zero-order chi connectivity index (χ0) is 0. The Morgan fingerprint density at radius 3 is 0.375 bits per heavy atom. The Hall–Kier alpha value is 3.00. The van der Waals surface area contributed by atoms with Crippen molar-refractivity contribution in [2.24, 2.45) is 0 Å². The van der Waals surface area contributed by atoms with Crippen LogP contribution in [0.4, 0.5) is 0 Å². The van der Waals surface area contributed by atoms with Crippen LogP contribution in [-0.4, -0.2) is 52.1 Å². The molecule has 0 heterocycles. The van der Waals surface area contributed by atoms with E-state index in [1.807, 2.05) is 0 Å². The van der Waals surface area contributed by atoms with Crippen LogP contribution >= 0.6 is 0 Å². The van der Waals surface area contributed by atoms with Crippen molar-refractivity contribution < 1.29 is 49.5 Å². The molecule has 9 radical (unpaired) electrons. The van der Waals surface area contributed by atoms with Crippen molar-refractivity contribution in [3.8, 4) is 0 Å². The largest absolute Gasteiger partial charge is 3.00 e. The Bertz CT molecular complexity index is 12.5. The molecule has 0 aliphatic rings. The van der Waals surface area contributed by atoms with Gasteiger partial charge in [-0.2, -0.15) is 0 Å². The molecule has 0 aromatic carbocycles. The average molecular weight is 285 g/mol. The molecule has 49 valence electrons. The topological polar surface area (TPSA) is 61.0 Å². The number of nitrogens with zero attached hydrogens (tertiary/aromatic N) is 2. The smallest absolute Gasteiger partial charge is 2.00 e. The summed E-state index contributed by atoms with van der Waals surface area (Å²) in [6, 6.07) is 0. The molecule has 0 amide bonds. The van der Waals surface area contributed by atoms with Gasteiger partial charge >= 0.3 is 49.5 Å². The molecule has 0 aliphatic heterocycles. The molecule has 0 fully saturated rings. The van der Waals surface area contributed by atoms with Crippen molar-refractivity contribution in [2.75, 3.05) is 0 Å². The summed E-state index contributed by atoms with van der Waals surface area (Å²) in [5, 5.41) is 0. The predicted molar refractivity (Wildman–Crippen MR) is 24.0 cm³/mol. The normalized spacial score (nSPS) is 0. The van der Waals surface area contributed by atoms with E-state index in [1.54, 1.807) is 0 Å². The van der Waals surface area contributed by atoms with Gasteiger partial charge in [-0.05, 0) is 0 Å². The van der Waals surface area contributed by atoms with Crippen LogP contribution < -0.4 is 0 Å². The Kier molecular flexibility index (Phi) is 1380. The molecule has 0 bridgehead atoms. The van der Waals surface area contributed by atoms with E-state index in [0.717, 1.165) is 0 Å². The van der Waals surface area contributed by atoms with Crippen molar-refractivity contribution in [3.63, 3.8) is 0 Å². The summed E-state index contributed by atoms with van der Waals surface area (Å²) >= 11 is 0. The van der Waals surface area contributed by atoms with Crippen LogP contribution in [0.2, 0.25) is 0 Å². The number of hydrogen-bond donors (Lipinski definition) is 0. The summed E-state index contributed by atoms with van der Waals surface area (Å²) in [7, 11) is 0. The van der Waals surface area contributed by atoms with Crippen LogP contribution in [0.15, 0.2) is 0 Å². The molecule has 0 atom stereocenters. The van der Waals surface area contributed by atoms with Crippen molar-refractivity contribution in [3.05, 3.63) is 12.3 Å². The summed E-state index contributed by atoms with van der Waals surface area (Å²) in [6.07, 6.45) is 0. The minimum atomic E-state index is 0. The fraction of sp³-hybridized carbons (Fsp3) is 0. The summed E-state index contributed by atoms with van der Waals surface area (Å²) in [6.45, 7) is 0. The van der Waals surface area contributed by atoms with Gasteiger partial charge < -0.3 is 12.3 Å². The Balaban J connectivity index is 0.